The number of aliphatic hydroxyl groups excluding tert-OH is 1. The molecule has 0 saturated carbocycles. The van der Waals surface area contributed by atoms with Crippen LogP contribution in [0.25, 0.3) is 0 Å². The molecule has 0 aromatic heterocycles. The van der Waals surface area contributed by atoms with Gasteiger partial charge in [-0.2, -0.15) is 0 Å². The van der Waals surface area contributed by atoms with Crippen molar-refractivity contribution in [3.05, 3.63) is 59.2 Å². The van der Waals surface area contributed by atoms with Crippen LogP contribution < -0.4 is 20.1 Å². The molecule has 2 aromatic carbocycles. The minimum Gasteiger partial charge on any atom is -0.454 e. The summed E-state index contributed by atoms with van der Waals surface area (Å²) in [5, 5.41) is 15.1. The molecule has 3 N–H and O–H groups in total. The number of urea groups is 1. The number of hydrogen-bond acceptors (Lipinski definition) is 4. The highest BCUT2D eigenvalue weighted by molar-refractivity contribution is 5.73. The molecular weight excluding hydrogens is 346 g/mol. The number of aliphatic hydroxyl groups is 1. The number of carbonyl (C=O) groups excluding carboxylic acids is 1. The van der Waals surface area contributed by atoms with Gasteiger partial charge in [-0.25, -0.2) is 13.6 Å². The highest BCUT2D eigenvalue weighted by Gasteiger charge is 2.14. The lowest BCUT2D eigenvalue weighted by Gasteiger charge is -2.13. The Labute approximate surface area is 148 Å². The van der Waals surface area contributed by atoms with Crippen LogP contribution in [0.1, 0.15) is 17.2 Å². The van der Waals surface area contributed by atoms with Crippen LogP contribution in [0.5, 0.6) is 11.5 Å². The van der Waals surface area contributed by atoms with Crippen LogP contribution in [0.15, 0.2) is 36.4 Å². The molecule has 1 aliphatic rings. The second kappa shape index (κ2) is 8.01. The molecule has 1 heterocycles. The molecule has 0 spiro atoms. The summed E-state index contributed by atoms with van der Waals surface area (Å²) in [6.07, 6.45) is -0.541. The fraction of sp³-hybridized carbons (Fsp3) is 0.278. The second-order valence-electron chi connectivity index (χ2n) is 5.76. The molecule has 0 unspecified atom stereocenters. The first kappa shape index (κ1) is 17.9. The minimum atomic E-state index is -1.13. The zero-order valence-corrected chi connectivity index (χ0v) is 13.8. The van der Waals surface area contributed by atoms with E-state index in [4.69, 9.17) is 9.47 Å². The van der Waals surface area contributed by atoms with Gasteiger partial charge in [0.25, 0.3) is 0 Å². The van der Waals surface area contributed by atoms with E-state index >= 15 is 0 Å². The van der Waals surface area contributed by atoms with Gasteiger partial charge in [-0.3, -0.25) is 0 Å². The number of ether oxygens (including phenoxy) is 2. The molecule has 8 heteroatoms. The Balaban J connectivity index is 1.40. The number of benzene rings is 2. The van der Waals surface area contributed by atoms with Crippen LogP contribution in [-0.4, -0.2) is 31.0 Å². The first-order chi connectivity index (χ1) is 12.5. The number of nitrogens with one attached hydrogen (secondary N) is 2. The summed E-state index contributed by atoms with van der Waals surface area (Å²) in [5.74, 6) is -0.655. The summed E-state index contributed by atoms with van der Waals surface area (Å²) >= 11 is 0. The molecule has 6 nitrogen and oxygen atoms in total. The summed E-state index contributed by atoms with van der Waals surface area (Å²) in [7, 11) is 0. The fourth-order valence-electron chi connectivity index (χ4n) is 2.51. The molecule has 2 aromatic rings. The minimum absolute atomic E-state index is 0.124. The SMILES string of the molecule is O=C(NCCc1ccc2c(c1)OCO2)NC[C@@H](O)c1ccc(F)c(F)c1. The predicted molar refractivity (Wildman–Crippen MR) is 89.0 cm³/mol. The van der Waals surface area contributed by atoms with Crippen molar-refractivity contribution in [3.8, 4) is 11.5 Å². The molecule has 0 aliphatic carbocycles. The van der Waals surface area contributed by atoms with E-state index < -0.39 is 23.8 Å². The van der Waals surface area contributed by atoms with Crippen LogP contribution in [-0.2, 0) is 6.42 Å². The van der Waals surface area contributed by atoms with Gasteiger partial charge >= 0.3 is 6.03 Å². The van der Waals surface area contributed by atoms with Crippen molar-refractivity contribution in [2.45, 2.75) is 12.5 Å². The third kappa shape index (κ3) is 4.40. The van der Waals surface area contributed by atoms with Gasteiger partial charge in [0.05, 0.1) is 6.10 Å². The standard InChI is InChI=1S/C18H18F2N2O4/c19-13-3-2-12(8-14(13)20)15(23)9-22-18(24)21-6-5-11-1-4-16-17(7-11)26-10-25-16/h1-4,7-8,15,23H,5-6,9-10H2,(H2,21,22,24)/t15-/m1/s1. The lowest BCUT2D eigenvalue weighted by molar-refractivity contribution is 0.172. The van der Waals surface area contributed by atoms with Gasteiger partial charge in [0.2, 0.25) is 6.79 Å². The molecule has 26 heavy (non-hydrogen) atoms. The largest absolute Gasteiger partial charge is 0.454 e. The number of halogens is 2. The van der Waals surface area contributed by atoms with Gasteiger partial charge in [0.1, 0.15) is 0 Å². The molecule has 3 rings (SSSR count). The van der Waals surface area contributed by atoms with Crippen molar-refractivity contribution < 1.29 is 28.2 Å². The number of hydrogen-bond donors (Lipinski definition) is 3. The molecule has 0 bridgehead atoms. The topological polar surface area (TPSA) is 79.8 Å². The Morgan fingerprint density at radius 2 is 1.88 bits per heavy atom. The summed E-state index contributed by atoms with van der Waals surface area (Å²) in [6.45, 7) is 0.466. The first-order valence-corrected chi connectivity index (χ1v) is 8.06. The Hall–Kier alpha value is -2.87. The van der Waals surface area contributed by atoms with Crippen LogP contribution in [0.3, 0.4) is 0 Å². The number of amides is 2. The quantitative estimate of drug-likeness (QED) is 0.735. The molecule has 0 saturated heterocycles. The zero-order chi connectivity index (χ0) is 18.5. The second-order valence-corrected chi connectivity index (χ2v) is 5.76. The van der Waals surface area contributed by atoms with Crippen molar-refractivity contribution in [1.82, 2.24) is 10.6 Å². The van der Waals surface area contributed by atoms with Crippen molar-refractivity contribution in [3.63, 3.8) is 0 Å². The van der Waals surface area contributed by atoms with Gasteiger partial charge in [-0.15, -0.1) is 0 Å². The van der Waals surface area contributed by atoms with E-state index in [1.165, 1.54) is 6.07 Å². The van der Waals surface area contributed by atoms with Gasteiger partial charge in [0, 0.05) is 13.1 Å². The summed E-state index contributed by atoms with van der Waals surface area (Å²) in [4.78, 5) is 11.8. The Morgan fingerprint density at radius 1 is 1.08 bits per heavy atom. The average Bonchev–Trinajstić information content (AvgIpc) is 3.10. The molecule has 138 valence electrons. The highest BCUT2D eigenvalue weighted by Crippen LogP contribution is 2.32. The van der Waals surface area contributed by atoms with E-state index in [0.717, 1.165) is 17.7 Å². The van der Waals surface area contributed by atoms with Gasteiger partial charge in [-0.1, -0.05) is 12.1 Å². The third-order valence-electron chi connectivity index (χ3n) is 3.92. The van der Waals surface area contributed by atoms with Crippen molar-refractivity contribution >= 4 is 6.03 Å². The molecular formula is C18H18F2N2O4. The van der Waals surface area contributed by atoms with E-state index in [1.54, 1.807) is 0 Å². The fourth-order valence-corrected chi connectivity index (χ4v) is 2.51. The number of rotatable bonds is 6. The monoisotopic (exact) mass is 364 g/mol. The van der Waals surface area contributed by atoms with Crippen LogP contribution in [0.4, 0.5) is 13.6 Å². The summed E-state index contributed by atoms with van der Waals surface area (Å²) in [6, 6.07) is 8.19. The van der Waals surface area contributed by atoms with E-state index in [9.17, 15) is 18.7 Å². The van der Waals surface area contributed by atoms with Crippen LogP contribution >= 0.6 is 0 Å². The van der Waals surface area contributed by atoms with E-state index in [2.05, 4.69) is 10.6 Å². The van der Waals surface area contributed by atoms with E-state index in [1.807, 2.05) is 18.2 Å². The van der Waals surface area contributed by atoms with Crippen molar-refractivity contribution in [2.24, 2.45) is 0 Å². The Morgan fingerprint density at radius 3 is 2.69 bits per heavy atom. The molecule has 1 aliphatic heterocycles. The van der Waals surface area contributed by atoms with Gasteiger partial charge in [0.15, 0.2) is 23.1 Å². The maximum atomic E-state index is 13.1. The lowest BCUT2D eigenvalue weighted by Crippen LogP contribution is -2.38. The first-order valence-electron chi connectivity index (χ1n) is 8.06. The summed E-state index contributed by atoms with van der Waals surface area (Å²) in [5.41, 5.74) is 1.17. The highest BCUT2D eigenvalue weighted by atomic mass is 19.2. The van der Waals surface area contributed by atoms with Crippen molar-refractivity contribution in [1.29, 1.82) is 0 Å². The maximum absolute atomic E-state index is 13.1. The number of carbonyl (C=O) groups is 1. The smallest absolute Gasteiger partial charge is 0.314 e. The molecule has 0 radical (unpaired) electrons. The predicted octanol–water partition coefficient (Wildman–Crippen LogP) is 2.27. The lowest BCUT2D eigenvalue weighted by atomic mass is 10.1. The third-order valence-corrected chi connectivity index (χ3v) is 3.92. The number of fused-ring (bicyclic) bond motifs is 1. The van der Waals surface area contributed by atoms with E-state index in [-0.39, 0.29) is 18.9 Å². The van der Waals surface area contributed by atoms with E-state index in [0.29, 0.717) is 24.5 Å². The van der Waals surface area contributed by atoms with Gasteiger partial charge in [-0.05, 0) is 41.8 Å². The van der Waals surface area contributed by atoms with Crippen molar-refractivity contribution in [2.75, 3.05) is 19.9 Å². The molecule has 0 fully saturated rings. The Bertz CT molecular complexity index is 801. The van der Waals surface area contributed by atoms with Gasteiger partial charge < -0.3 is 25.2 Å². The molecule has 1 atom stereocenters. The van der Waals surface area contributed by atoms with Crippen LogP contribution in [0, 0.1) is 11.6 Å². The molecule has 2 amide bonds. The normalized spacial score (nSPS) is 13.3. The summed E-state index contributed by atoms with van der Waals surface area (Å²) < 4.78 is 36.5. The average molecular weight is 364 g/mol. The van der Waals surface area contributed by atoms with Crippen LogP contribution in [0.2, 0.25) is 0 Å². The maximum Gasteiger partial charge on any atom is 0.314 e. The zero-order valence-electron chi connectivity index (χ0n) is 13.8. The Kier molecular flexibility index (Phi) is 5.52.